The highest BCUT2D eigenvalue weighted by atomic mass is 32.2. The van der Waals surface area contributed by atoms with E-state index in [4.69, 9.17) is 5.26 Å². The highest BCUT2D eigenvalue weighted by Gasteiger charge is 2.10. The predicted octanol–water partition coefficient (Wildman–Crippen LogP) is 2.75. The van der Waals surface area contributed by atoms with E-state index in [1.54, 1.807) is 12.1 Å². The van der Waals surface area contributed by atoms with Crippen LogP contribution in [0.4, 0.5) is 0 Å². The van der Waals surface area contributed by atoms with Gasteiger partial charge in [0.2, 0.25) is 0 Å². The van der Waals surface area contributed by atoms with E-state index in [2.05, 4.69) is 0 Å². The topological polar surface area (TPSA) is 57.9 Å². The van der Waals surface area contributed by atoms with Crippen molar-refractivity contribution in [2.75, 3.05) is 6.26 Å². The summed E-state index contributed by atoms with van der Waals surface area (Å²) in [4.78, 5) is -0.224. The number of hydrogen-bond donors (Lipinski definition) is 0. The molecule has 2 rings (SSSR count). The molecule has 90 valence electrons. The normalized spacial score (nSPS) is 12.3. The van der Waals surface area contributed by atoms with Gasteiger partial charge in [0, 0.05) is 6.26 Å². The monoisotopic (exact) mass is 257 g/mol. The largest absolute Gasteiger partial charge is 0.223 e. The number of rotatable bonds is 2. The maximum Gasteiger partial charge on any atom is 0.185 e. The van der Waals surface area contributed by atoms with Crippen molar-refractivity contribution in [2.24, 2.45) is 0 Å². The minimum Gasteiger partial charge on any atom is -0.223 e. The smallest absolute Gasteiger partial charge is 0.185 e. The zero-order valence-electron chi connectivity index (χ0n) is 9.79. The average Bonchev–Trinajstić information content (AvgIpc) is 2.34. The van der Waals surface area contributed by atoms with Gasteiger partial charge in [-0.15, -0.1) is 0 Å². The van der Waals surface area contributed by atoms with Crippen LogP contribution in [0.25, 0.3) is 16.8 Å². The van der Waals surface area contributed by atoms with Crippen molar-refractivity contribution in [3.8, 4) is 6.07 Å². The molecule has 0 aromatic heterocycles. The second-order valence-electron chi connectivity index (χ2n) is 4.00. The fourth-order valence-corrected chi connectivity index (χ4v) is 2.19. The summed E-state index contributed by atoms with van der Waals surface area (Å²) in [6, 6.07) is 15.0. The number of fused-ring (bicyclic) bond motifs is 1. The van der Waals surface area contributed by atoms with Gasteiger partial charge >= 0.3 is 0 Å². The van der Waals surface area contributed by atoms with Crippen molar-refractivity contribution in [1.29, 1.82) is 5.26 Å². The summed E-state index contributed by atoms with van der Waals surface area (Å²) in [6.07, 6.45) is 2.42. The Bertz CT molecular complexity index is 768. The van der Waals surface area contributed by atoms with Gasteiger partial charge in [-0.25, -0.2) is 8.42 Å². The molecule has 3 nitrogen and oxygen atoms in total. The molecule has 0 heterocycles. The van der Waals surface area contributed by atoms with Crippen LogP contribution in [0.1, 0.15) is 5.56 Å². The molecule has 0 saturated heterocycles. The number of hydrogen-bond acceptors (Lipinski definition) is 3. The molecule has 4 heteroatoms. The third-order valence-electron chi connectivity index (χ3n) is 2.58. The minimum absolute atomic E-state index is 0.224. The lowest BCUT2D eigenvalue weighted by atomic mass is 10.1. The molecule has 2 aromatic carbocycles. The lowest BCUT2D eigenvalue weighted by molar-refractivity contribution is 0.609. The highest BCUT2D eigenvalue weighted by molar-refractivity contribution is 7.95. The first-order valence-electron chi connectivity index (χ1n) is 5.31. The standard InChI is InChI=1S/C14H11NO2S/c1-18(16,17)14(10-15)9-11-6-7-12-4-2-3-5-13(12)8-11/h2-9H,1H3. The third kappa shape index (κ3) is 2.58. The lowest BCUT2D eigenvalue weighted by Crippen LogP contribution is -1.98. The SMILES string of the molecule is CS(=O)(=O)C(C#N)=Cc1ccc2ccccc2c1. The molecular weight excluding hydrogens is 246 g/mol. The predicted molar refractivity (Wildman–Crippen MR) is 72.4 cm³/mol. The third-order valence-corrected chi connectivity index (χ3v) is 3.59. The number of sulfone groups is 1. The lowest BCUT2D eigenvalue weighted by Gasteiger charge is -2.00. The zero-order valence-corrected chi connectivity index (χ0v) is 10.6. The fraction of sp³-hybridized carbons (Fsp3) is 0.0714. The van der Waals surface area contributed by atoms with Crippen molar-refractivity contribution in [3.05, 3.63) is 52.9 Å². The van der Waals surface area contributed by atoms with Gasteiger partial charge in [-0.2, -0.15) is 5.26 Å². The van der Waals surface area contributed by atoms with Crippen molar-refractivity contribution >= 4 is 26.7 Å². The number of benzene rings is 2. The summed E-state index contributed by atoms with van der Waals surface area (Å²) in [5.74, 6) is 0. The quantitative estimate of drug-likeness (QED) is 0.777. The Morgan fingerprint density at radius 1 is 1.17 bits per heavy atom. The molecule has 0 aliphatic rings. The van der Waals surface area contributed by atoms with Crippen molar-refractivity contribution in [2.45, 2.75) is 0 Å². The molecule has 0 bridgehead atoms. The first-order valence-corrected chi connectivity index (χ1v) is 7.20. The van der Waals surface area contributed by atoms with Crippen LogP contribution in [0, 0.1) is 11.3 Å². The zero-order chi connectivity index (χ0) is 13.2. The molecule has 0 amide bonds. The maximum absolute atomic E-state index is 11.3. The van der Waals surface area contributed by atoms with Crippen LogP contribution in [0.2, 0.25) is 0 Å². The van der Waals surface area contributed by atoms with Gasteiger partial charge < -0.3 is 0 Å². The number of nitriles is 1. The second-order valence-corrected chi connectivity index (χ2v) is 5.98. The molecule has 18 heavy (non-hydrogen) atoms. The molecule has 0 aliphatic carbocycles. The Labute approximate surface area is 106 Å². The Hall–Kier alpha value is -2.12. The van der Waals surface area contributed by atoms with Gasteiger partial charge in [-0.1, -0.05) is 36.4 Å². The summed E-state index contributed by atoms with van der Waals surface area (Å²) in [5.41, 5.74) is 0.704. The van der Waals surface area contributed by atoms with E-state index in [0.29, 0.717) is 5.56 Å². The summed E-state index contributed by atoms with van der Waals surface area (Å²) < 4.78 is 22.7. The van der Waals surface area contributed by atoms with E-state index >= 15 is 0 Å². The van der Waals surface area contributed by atoms with E-state index in [-0.39, 0.29) is 4.91 Å². The Balaban J connectivity index is 2.56. The van der Waals surface area contributed by atoms with Crippen LogP contribution in [0.5, 0.6) is 0 Å². The molecule has 0 radical (unpaired) electrons. The van der Waals surface area contributed by atoms with Crippen LogP contribution in [-0.4, -0.2) is 14.7 Å². The minimum atomic E-state index is -3.47. The van der Waals surface area contributed by atoms with E-state index in [0.717, 1.165) is 17.0 Å². The average molecular weight is 257 g/mol. The molecular formula is C14H11NO2S. The summed E-state index contributed by atoms with van der Waals surface area (Å²) in [7, 11) is -3.47. The Kier molecular flexibility index (Phi) is 3.17. The Morgan fingerprint density at radius 2 is 1.83 bits per heavy atom. The van der Waals surface area contributed by atoms with Gasteiger partial charge in [0.15, 0.2) is 9.84 Å². The van der Waals surface area contributed by atoms with Gasteiger partial charge in [0.1, 0.15) is 11.0 Å². The Morgan fingerprint density at radius 3 is 2.44 bits per heavy atom. The van der Waals surface area contributed by atoms with Gasteiger partial charge in [0.05, 0.1) is 0 Å². The molecule has 2 aromatic rings. The van der Waals surface area contributed by atoms with Crippen LogP contribution >= 0.6 is 0 Å². The van der Waals surface area contributed by atoms with Crippen LogP contribution in [-0.2, 0) is 9.84 Å². The van der Waals surface area contributed by atoms with Crippen molar-refractivity contribution < 1.29 is 8.42 Å². The first kappa shape index (κ1) is 12.3. The fourth-order valence-electron chi connectivity index (χ4n) is 1.67. The van der Waals surface area contributed by atoms with Crippen molar-refractivity contribution in [3.63, 3.8) is 0 Å². The van der Waals surface area contributed by atoms with Gasteiger partial charge in [-0.05, 0) is 28.5 Å². The molecule has 0 N–H and O–H groups in total. The molecule has 0 fully saturated rings. The molecule has 0 atom stereocenters. The molecule has 0 spiro atoms. The maximum atomic E-state index is 11.3. The van der Waals surface area contributed by atoms with Gasteiger partial charge in [0.25, 0.3) is 0 Å². The number of allylic oxidation sites excluding steroid dienone is 1. The molecule has 0 aliphatic heterocycles. The molecule has 0 unspecified atom stereocenters. The first-order chi connectivity index (χ1) is 8.50. The summed E-state index contributed by atoms with van der Waals surface area (Å²) in [6.45, 7) is 0. The highest BCUT2D eigenvalue weighted by Crippen LogP contribution is 2.18. The van der Waals surface area contributed by atoms with E-state index < -0.39 is 9.84 Å². The number of nitrogens with zero attached hydrogens (tertiary/aromatic N) is 1. The second kappa shape index (κ2) is 4.63. The van der Waals surface area contributed by atoms with Crippen LogP contribution in [0.15, 0.2) is 47.4 Å². The summed E-state index contributed by atoms with van der Waals surface area (Å²) in [5, 5.41) is 10.9. The van der Waals surface area contributed by atoms with E-state index in [1.807, 2.05) is 36.4 Å². The van der Waals surface area contributed by atoms with Crippen LogP contribution < -0.4 is 0 Å². The van der Waals surface area contributed by atoms with Crippen molar-refractivity contribution in [1.82, 2.24) is 0 Å². The summed E-state index contributed by atoms with van der Waals surface area (Å²) >= 11 is 0. The van der Waals surface area contributed by atoms with Gasteiger partial charge in [-0.3, -0.25) is 0 Å². The van der Waals surface area contributed by atoms with E-state index in [9.17, 15) is 8.42 Å². The molecule has 0 saturated carbocycles. The van der Waals surface area contributed by atoms with Crippen LogP contribution in [0.3, 0.4) is 0 Å². The van der Waals surface area contributed by atoms with E-state index in [1.165, 1.54) is 6.08 Å².